The molecule has 3 heterocycles. The molecule has 1 saturated carbocycles. The molecule has 0 bridgehead atoms. The summed E-state index contributed by atoms with van der Waals surface area (Å²) in [6.07, 6.45) is 3.53. The van der Waals surface area contributed by atoms with Gasteiger partial charge in [0, 0.05) is 31.0 Å². The number of nitrogens with one attached hydrogen (secondary N) is 3. The summed E-state index contributed by atoms with van der Waals surface area (Å²) in [6.45, 7) is 2.42. The number of hydrogen-bond acceptors (Lipinski definition) is 8. The molecule has 0 radical (unpaired) electrons. The molecule has 190 valence electrons. The number of halogens is 1. The van der Waals surface area contributed by atoms with Crippen molar-refractivity contribution in [2.24, 2.45) is 5.41 Å². The Hall–Kier alpha value is -3.41. The van der Waals surface area contributed by atoms with Gasteiger partial charge >= 0.3 is 0 Å². The van der Waals surface area contributed by atoms with Crippen LogP contribution in [0, 0.1) is 11.2 Å². The van der Waals surface area contributed by atoms with Crippen LogP contribution in [0.1, 0.15) is 38.3 Å². The number of benzene rings is 1. The van der Waals surface area contributed by atoms with Crippen LogP contribution in [0.15, 0.2) is 36.5 Å². The Labute approximate surface area is 207 Å². The predicted octanol–water partition coefficient (Wildman–Crippen LogP) is 2.80. The molecule has 2 aliphatic rings. The topological polar surface area (TPSA) is 134 Å². The highest BCUT2D eigenvalue weighted by Gasteiger charge is 2.40. The average Bonchev–Trinajstić information content (AvgIpc) is 3.59. The van der Waals surface area contributed by atoms with Gasteiger partial charge in [0.2, 0.25) is 18.1 Å². The van der Waals surface area contributed by atoms with Crippen molar-refractivity contribution in [1.82, 2.24) is 25.3 Å². The minimum absolute atomic E-state index is 0.00769. The molecule has 10 nitrogen and oxygen atoms in total. The highest BCUT2D eigenvalue weighted by molar-refractivity contribution is 5.82. The van der Waals surface area contributed by atoms with Crippen LogP contribution in [0.2, 0.25) is 0 Å². The SMILES string of the molecule is CC1(C(=O)NCCCO)COC(c2nc(-c3ccc(F)cc3)c(-c3ccnc(NC4CC4)n3)[nH]2)OC1. The van der Waals surface area contributed by atoms with Crippen LogP contribution in [0.25, 0.3) is 22.6 Å². The normalized spacial score (nSPS) is 21.8. The first kappa shape index (κ1) is 24.3. The minimum Gasteiger partial charge on any atom is -0.396 e. The number of carbonyl (C=O) groups excluding carboxylic acids is 1. The lowest BCUT2D eigenvalue weighted by Gasteiger charge is -2.35. The van der Waals surface area contributed by atoms with Gasteiger partial charge in [0.25, 0.3) is 0 Å². The van der Waals surface area contributed by atoms with Crippen LogP contribution < -0.4 is 10.6 Å². The second-order valence-electron chi connectivity index (χ2n) is 9.38. The van der Waals surface area contributed by atoms with Crippen LogP contribution in [-0.4, -0.2) is 63.4 Å². The molecule has 1 amide bonds. The fourth-order valence-electron chi connectivity index (χ4n) is 3.88. The summed E-state index contributed by atoms with van der Waals surface area (Å²) in [4.78, 5) is 29.5. The number of H-pyrrole nitrogens is 1. The van der Waals surface area contributed by atoms with E-state index >= 15 is 0 Å². The molecule has 5 rings (SSSR count). The maximum atomic E-state index is 13.6. The molecule has 1 saturated heterocycles. The molecular weight excluding hydrogens is 467 g/mol. The third-order valence-corrected chi connectivity index (χ3v) is 6.16. The molecule has 0 spiro atoms. The van der Waals surface area contributed by atoms with Crippen LogP contribution in [0.4, 0.5) is 10.3 Å². The van der Waals surface area contributed by atoms with Crippen LogP contribution >= 0.6 is 0 Å². The first-order valence-corrected chi connectivity index (χ1v) is 12.0. The van der Waals surface area contributed by atoms with Gasteiger partial charge < -0.3 is 30.2 Å². The summed E-state index contributed by atoms with van der Waals surface area (Å²) in [5.74, 6) is 0.412. The number of amides is 1. The Kier molecular flexibility index (Phi) is 6.95. The molecule has 2 fully saturated rings. The fraction of sp³-hybridized carbons (Fsp3) is 0.440. The zero-order valence-electron chi connectivity index (χ0n) is 20.0. The van der Waals surface area contributed by atoms with Gasteiger partial charge in [-0.2, -0.15) is 0 Å². The summed E-state index contributed by atoms with van der Waals surface area (Å²) >= 11 is 0. The Morgan fingerprint density at radius 3 is 2.64 bits per heavy atom. The zero-order valence-corrected chi connectivity index (χ0v) is 20.0. The van der Waals surface area contributed by atoms with E-state index in [4.69, 9.17) is 19.6 Å². The van der Waals surface area contributed by atoms with E-state index in [2.05, 4.69) is 25.6 Å². The second kappa shape index (κ2) is 10.3. The molecule has 1 aliphatic heterocycles. The van der Waals surface area contributed by atoms with Crippen molar-refractivity contribution in [3.05, 3.63) is 48.2 Å². The quantitative estimate of drug-likeness (QED) is 0.332. The number of hydrogen-bond donors (Lipinski definition) is 4. The van der Waals surface area contributed by atoms with E-state index in [1.54, 1.807) is 31.3 Å². The highest BCUT2D eigenvalue weighted by atomic mass is 19.1. The first-order chi connectivity index (χ1) is 17.4. The fourth-order valence-corrected chi connectivity index (χ4v) is 3.88. The Morgan fingerprint density at radius 1 is 1.19 bits per heavy atom. The Balaban J connectivity index is 1.39. The summed E-state index contributed by atoms with van der Waals surface area (Å²) in [5.41, 5.74) is 1.66. The molecule has 3 aromatic rings. The predicted molar refractivity (Wildman–Crippen MR) is 129 cm³/mol. The lowest BCUT2D eigenvalue weighted by atomic mass is 9.91. The monoisotopic (exact) mass is 496 g/mol. The minimum atomic E-state index is -0.864. The van der Waals surface area contributed by atoms with Gasteiger partial charge in [-0.05, 0) is 56.5 Å². The van der Waals surface area contributed by atoms with E-state index < -0.39 is 11.7 Å². The molecule has 11 heteroatoms. The molecule has 0 atom stereocenters. The van der Waals surface area contributed by atoms with E-state index in [-0.39, 0.29) is 31.5 Å². The van der Waals surface area contributed by atoms with Gasteiger partial charge in [0.05, 0.1) is 35.7 Å². The van der Waals surface area contributed by atoms with Crippen LogP contribution in [-0.2, 0) is 14.3 Å². The molecule has 0 unspecified atom stereocenters. The van der Waals surface area contributed by atoms with Crippen molar-refractivity contribution in [3.8, 4) is 22.6 Å². The number of imidazole rings is 1. The summed E-state index contributed by atoms with van der Waals surface area (Å²) in [5, 5.41) is 15.0. The van der Waals surface area contributed by atoms with Crippen molar-refractivity contribution in [2.45, 2.75) is 38.5 Å². The standard InChI is InChI=1S/C25H29FN6O4/c1-25(23(34)27-10-2-12-33)13-35-22(36-14-25)21-31-19(15-3-5-16(26)6-4-15)20(32-21)18-9-11-28-24(30-18)29-17-7-8-17/h3-6,9,11,17,22,33H,2,7-8,10,12-14H2,1H3,(H,27,34)(H,31,32)(H,28,29,30). The van der Waals surface area contributed by atoms with Gasteiger partial charge in [-0.15, -0.1) is 0 Å². The molecule has 36 heavy (non-hydrogen) atoms. The number of ether oxygens (including phenoxy) is 2. The molecule has 4 N–H and O–H groups in total. The largest absolute Gasteiger partial charge is 0.396 e. The molecule has 1 aromatic carbocycles. The number of carbonyl (C=O) groups is 1. The first-order valence-electron chi connectivity index (χ1n) is 12.0. The van der Waals surface area contributed by atoms with E-state index in [0.717, 1.165) is 12.8 Å². The van der Waals surface area contributed by atoms with Crippen molar-refractivity contribution in [2.75, 3.05) is 31.7 Å². The number of aliphatic hydroxyl groups excluding tert-OH is 1. The number of rotatable bonds is 9. The van der Waals surface area contributed by atoms with Crippen molar-refractivity contribution in [1.29, 1.82) is 0 Å². The van der Waals surface area contributed by atoms with E-state index in [1.165, 1.54) is 12.1 Å². The van der Waals surface area contributed by atoms with Gasteiger partial charge in [-0.25, -0.2) is 19.3 Å². The van der Waals surface area contributed by atoms with Crippen molar-refractivity contribution in [3.63, 3.8) is 0 Å². The Morgan fingerprint density at radius 2 is 1.94 bits per heavy atom. The highest BCUT2D eigenvalue weighted by Crippen LogP contribution is 2.36. The molecular formula is C25H29FN6O4. The van der Waals surface area contributed by atoms with Crippen LogP contribution in [0.3, 0.4) is 0 Å². The number of anilines is 1. The summed E-state index contributed by atoms with van der Waals surface area (Å²) in [6, 6.07) is 8.23. The average molecular weight is 497 g/mol. The van der Waals surface area contributed by atoms with E-state index in [1.807, 2.05) is 0 Å². The van der Waals surface area contributed by atoms with Gasteiger partial charge in [-0.3, -0.25) is 4.79 Å². The van der Waals surface area contributed by atoms with Gasteiger partial charge in [0.1, 0.15) is 5.82 Å². The maximum Gasteiger partial charge on any atom is 0.230 e. The lowest BCUT2D eigenvalue weighted by Crippen LogP contribution is -2.48. The van der Waals surface area contributed by atoms with Gasteiger partial charge in [0.15, 0.2) is 5.82 Å². The third-order valence-electron chi connectivity index (χ3n) is 6.16. The molecule has 1 aliphatic carbocycles. The molecule has 2 aromatic heterocycles. The maximum absolute atomic E-state index is 13.6. The number of aromatic amines is 1. The summed E-state index contributed by atoms with van der Waals surface area (Å²) < 4.78 is 25.4. The smallest absolute Gasteiger partial charge is 0.230 e. The van der Waals surface area contributed by atoms with E-state index in [0.29, 0.717) is 53.4 Å². The lowest BCUT2D eigenvalue weighted by molar-refractivity contribution is -0.231. The summed E-state index contributed by atoms with van der Waals surface area (Å²) in [7, 11) is 0. The number of aromatic nitrogens is 4. The van der Waals surface area contributed by atoms with Crippen LogP contribution in [0.5, 0.6) is 0 Å². The zero-order chi connectivity index (χ0) is 25.1. The number of nitrogens with zero attached hydrogens (tertiary/aromatic N) is 3. The third kappa shape index (κ3) is 5.38. The Bertz CT molecular complexity index is 1210. The van der Waals surface area contributed by atoms with Gasteiger partial charge in [-0.1, -0.05) is 0 Å². The van der Waals surface area contributed by atoms with Crippen molar-refractivity contribution >= 4 is 11.9 Å². The van der Waals surface area contributed by atoms with E-state index in [9.17, 15) is 9.18 Å². The second-order valence-corrected chi connectivity index (χ2v) is 9.38. The van der Waals surface area contributed by atoms with Crippen molar-refractivity contribution < 1.29 is 23.8 Å². The number of aliphatic hydroxyl groups is 1.